The van der Waals surface area contributed by atoms with Gasteiger partial charge in [-0.1, -0.05) is 57.9 Å². The summed E-state index contributed by atoms with van der Waals surface area (Å²) in [7, 11) is 0. The Morgan fingerprint density at radius 2 is 1.75 bits per heavy atom. The number of hydrogen-bond donors (Lipinski definition) is 2. The Bertz CT molecular complexity index is 735. The number of aliphatic hydroxyl groups excluding tert-OH is 2. The molecular formula is C30H50O2. The van der Waals surface area contributed by atoms with Crippen molar-refractivity contribution < 1.29 is 10.2 Å². The predicted molar refractivity (Wildman–Crippen MR) is 134 cm³/mol. The van der Waals surface area contributed by atoms with Gasteiger partial charge in [0.25, 0.3) is 0 Å². The minimum Gasteiger partial charge on any atom is -0.396 e. The first-order valence-electron chi connectivity index (χ1n) is 13.8. The number of fused-ring (bicyclic) bond motifs is 5. The number of hydrogen-bond acceptors (Lipinski definition) is 2. The van der Waals surface area contributed by atoms with Gasteiger partial charge in [0.15, 0.2) is 0 Å². The van der Waals surface area contributed by atoms with Crippen LogP contribution in [0.2, 0.25) is 0 Å². The van der Waals surface area contributed by atoms with E-state index in [2.05, 4.69) is 53.7 Å². The van der Waals surface area contributed by atoms with E-state index in [1.165, 1.54) is 38.5 Å². The van der Waals surface area contributed by atoms with Crippen molar-refractivity contribution in [3.8, 4) is 0 Å². The van der Waals surface area contributed by atoms with Gasteiger partial charge < -0.3 is 10.2 Å². The second-order valence-electron chi connectivity index (χ2n) is 12.9. The van der Waals surface area contributed by atoms with Crippen LogP contribution in [0.1, 0.15) is 99.3 Å². The van der Waals surface area contributed by atoms with E-state index in [-0.39, 0.29) is 24.0 Å². The highest BCUT2D eigenvalue weighted by Gasteiger charge is 2.59. The van der Waals surface area contributed by atoms with Crippen molar-refractivity contribution in [3.05, 3.63) is 23.3 Å². The Kier molecular flexibility index (Phi) is 7.06. The fraction of sp³-hybridized carbons (Fsp3) is 0.867. The average Bonchev–Trinajstić information content (AvgIpc) is 3.11. The van der Waals surface area contributed by atoms with Crippen LogP contribution >= 0.6 is 0 Å². The van der Waals surface area contributed by atoms with Crippen LogP contribution in [0.3, 0.4) is 0 Å². The van der Waals surface area contributed by atoms with Crippen molar-refractivity contribution >= 4 is 0 Å². The molecule has 0 aromatic carbocycles. The standard InChI is InChI=1S/C30H50O2/c1-7-21(19(2)3)9-8-20(4)24-12-13-25-22-10-11-26-23(18-31)28(32)15-17-30(26,6)27(22)14-16-29(24,25)5/h7,10,19-20,23-28,31-32H,8-9,11-18H2,1-6H3/b21-7-. The van der Waals surface area contributed by atoms with E-state index in [0.717, 1.165) is 37.0 Å². The molecule has 4 aliphatic rings. The molecule has 0 spiro atoms. The molecule has 182 valence electrons. The third-order valence-corrected chi connectivity index (χ3v) is 11.3. The maximum absolute atomic E-state index is 10.6. The first kappa shape index (κ1) is 24.5. The molecule has 2 N–H and O–H groups in total. The molecule has 3 saturated carbocycles. The van der Waals surface area contributed by atoms with Gasteiger partial charge in [0.05, 0.1) is 6.10 Å². The van der Waals surface area contributed by atoms with Crippen LogP contribution in [0.25, 0.3) is 0 Å². The van der Waals surface area contributed by atoms with Crippen molar-refractivity contribution in [2.45, 2.75) is 105 Å². The van der Waals surface area contributed by atoms with Gasteiger partial charge in [0.2, 0.25) is 0 Å². The molecule has 0 radical (unpaired) electrons. The lowest BCUT2D eigenvalue weighted by molar-refractivity contribution is -0.0972. The van der Waals surface area contributed by atoms with Crippen LogP contribution in [0.4, 0.5) is 0 Å². The zero-order chi connectivity index (χ0) is 23.3. The fourth-order valence-corrected chi connectivity index (χ4v) is 9.33. The summed E-state index contributed by atoms with van der Waals surface area (Å²) in [5.74, 6) is 4.27. The van der Waals surface area contributed by atoms with Crippen LogP contribution in [-0.2, 0) is 0 Å². The Balaban J connectivity index is 1.52. The molecule has 0 aliphatic heterocycles. The van der Waals surface area contributed by atoms with Gasteiger partial charge in [0, 0.05) is 12.5 Å². The van der Waals surface area contributed by atoms with Crippen LogP contribution < -0.4 is 0 Å². The molecule has 32 heavy (non-hydrogen) atoms. The summed E-state index contributed by atoms with van der Waals surface area (Å²) in [6, 6.07) is 0. The van der Waals surface area contributed by atoms with Gasteiger partial charge in [-0.2, -0.15) is 0 Å². The molecule has 2 heteroatoms. The van der Waals surface area contributed by atoms with Gasteiger partial charge in [-0.05, 0) is 111 Å². The molecule has 0 aromatic heterocycles. The number of aliphatic hydroxyl groups is 2. The summed E-state index contributed by atoms with van der Waals surface area (Å²) >= 11 is 0. The summed E-state index contributed by atoms with van der Waals surface area (Å²) in [6.45, 7) is 14.7. The quantitative estimate of drug-likeness (QED) is 0.428. The largest absolute Gasteiger partial charge is 0.396 e. The van der Waals surface area contributed by atoms with Crippen LogP contribution in [0.5, 0.6) is 0 Å². The normalized spacial score (nSPS) is 45.2. The molecule has 2 nitrogen and oxygen atoms in total. The third-order valence-electron chi connectivity index (χ3n) is 11.3. The lowest BCUT2D eigenvalue weighted by atomic mass is 9.46. The molecular weight excluding hydrogens is 392 g/mol. The lowest BCUT2D eigenvalue weighted by Crippen LogP contribution is -2.53. The third kappa shape index (κ3) is 3.86. The highest BCUT2D eigenvalue weighted by Crippen LogP contribution is 2.67. The monoisotopic (exact) mass is 442 g/mol. The van der Waals surface area contributed by atoms with Gasteiger partial charge in [-0.15, -0.1) is 0 Å². The minimum absolute atomic E-state index is 0.0676. The summed E-state index contributed by atoms with van der Waals surface area (Å²) < 4.78 is 0. The van der Waals surface area contributed by atoms with Crippen LogP contribution in [-0.4, -0.2) is 22.9 Å². The van der Waals surface area contributed by atoms with Crippen molar-refractivity contribution in [1.82, 2.24) is 0 Å². The van der Waals surface area contributed by atoms with Crippen molar-refractivity contribution in [2.24, 2.45) is 52.3 Å². The topological polar surface area (TPSA) is 40.5 Å². The Morgan fingerprint density at radius 1 is 1.06 bits per heavy atom. The molecule has 0 bridgehead atoms. The molecule has 4 aliphatic carbocycles. The van der Waals surface area contributed by atoms with Crippen LogP contribution in [0.15, 0.2) is 23.3 Å². The highest BCUT2D eigenvalue weighted by molar-refractivity contribution is 5.28. The zero-order valence-electron chi connectivity index (χ0n) is 21.7. The SMILES string of the molecule is C/C=C(/CCC(C)C1CCC2C3=CCC4C(CO)C(O)CCC4(C)C3CCC21C)C(C)C. The molecule has 0 amide bonds. The molecule has 3 fully saturated rings. The summed E-state index contributed by atoms with van der Waals surface area (Å²) in [4.78, 5) is 0. The van der Waals surface area contributed by atoms with E-state index in [1.54, 1.807) is 11.1 Å². The van der Waals surface area contributed by atoms with Crippen molar-refractivity contribution in [2.75, 3.05) is 6.61 Å². The van der Waals surface area contributed by atoms with Gasteiger partial charge >= 0.3 is 0 Å². The molecule has 9 atom stereocenters. The lowest BCUT2D eigenvalue weighted by Gasteiger charge is -2.59. The molecule has 4 rings (SSSR count). The number of allylic oxidation sites excluding steroid dienone is 4. The molecule has 0 saturated heterocycles. The van der Waals surface area contributed by atoms with E-state index in [9.17, 15) is 10.2 Å². The van der Waals surface area contributed by atoms with E-state index in [1.807, 2.05) is 0 Å². The smallest absolute Gasteiger partial charge is 0.0593 e. The van der Waals surface area contributed by atoms with E-state index in [0.29, 0.717) is 23.2 Å². The maximum Gasteiger partial charge on any atom is 0.0593 e. The molecule has 0 heterocycles. The summed E-state index contributed by atoms with van der Waals surface area (Å²) in [5, 5.41) is 20.6. The Morgan fingerprint density at radius 3 is 2.41 bits per heavy atom. The zero-order valence-corrected chi connectivity index (χ0v) is 21.7. The second kappa shape index (κ2) is 9.21. The average molecular weight is 443 g/mol. The first-order valence-corrected chi connectivity index (χ1v) is 13.8. The maximum atomic E-state index is 10.6. The van der Waals surface area contributed by atoms with E-state index >= 15 is 0 Å². The van der Waals surface area contributed by atoms with Crippen LogP contribution in [0, 0.1) is 52.3 Å². The van der Waals surface area contributed by atoms with Crippen molar-refractivity contribution in [1.29, 1.82) is 0 Å². The minimum atomic E-state index is -0.313. The van der Waals surface area contributed by atoms with E-state index < -0.39 is 0 Å². The molecule has 9 unspecified atom stereocenters. The first-order chi connectivity index (χ1) is 15.2. The summed E-state index contributed by atoms with van der Waals surface area (Å²) in [5.41, 5.74) is 4.15. The Labute approximate surface area is 198 Å². The predicted octanol–water partition coefficient (Wildman–Crippen LogP) is 7.16. The Hall–Kier alpha value is -0.600. The highest BCUT2D eigenvalue weighted by atomic mass is 16.3. The van der Waals surface area contributed by atoms with Gasteiger partial charge in [-0.25, -0.2) is 0 Å². The van der Waals surface area contributed by atoms with E-state index in [4.69, 9.17) is 0 Å². The van der Waals surface area contributed by atoms with Gasteiger partial charge in [0.1, 0.15) is 0 Å². The fourth-order valence-electron chi connectivity index (χ4n) is 9.33. The summed E-state index contributed by atoms with van der Waals surface area (Å²) in [6.07, 6.45) is 15.8. The van der Waals surface area contributed by atoms with Crippen molar-refractivity contribution in [3.63, 3.8) is 0 Å². The number of rotatable bonds is 6. The second-order valence-corrected chi connectivity index (χ2v) is 12.9. The molecule has 0 aromatic rings. The van der Waals surface area contributed by atoms with Gasteiger partial charge in [-0.3, -0.25) is 0 Å².